The van der Waals surface area contributed by atoms with E-state index < -0.39 is 0 Å². The molecule has 2 spiro atoms. The highest BCUT2D eigenvalue weighted by atomic mass is 35.5. The van der Waals surface area contributed by atoms with Crippen molar-refractivity contribution in [2.45, 2.75) is 206 Å². The Morgan fingerprint density at radius 1 is 0.643 bits per heavy atom. The molecule has 18 atom stereocenters. The zero-order valence-electron chi connectivity index (χ0n) is 45.6. The number of piperidine rings is 2. The molecule has 4 saturated carbocycles. The van der Waals surface area contributed by atoms with E-state index in [0.717, 1.165) is 107 Å². The van der Waals surface area contributed by atoms with Crippen molar-refractivity contribution in [2.75, 3.05) is 52.7 Å². The monoisotopic (exact) mass is 980 g/mol. The molecule has 388 valence electrons. The van der Waals surface area contributed by atoms with Gasteiger partial charge in [-0.3, -0.25) is 19.4 Å². The molecule has 0 radical (unpaired) electrons. The van der Waals surface area contributed by atoms with Crippen molar-refractivity contribution in [3.63, 3.8) is 0 Å². The summed E-state index contributed by atoms with van der Waals surface area (Å²) in [6.07, 6.45) is 25.6. The number of likely N-dealkylation sites (N-methyl/N-ethyl adjacent to an activating group) is 1. The van der Waals surface area contributed by atoms with Gasteiger partial charge in [-0.05, 0) is 201 Å². The van der Waals surface area contributed by atoms with E-state index in [4.69, 9.17) is 21.1 Å². The minimum Gasteiger partial charge on any atom is -0.369 e. The Bertz CT molecular complexity index is 2200. The van der Waals surface area contributed by atoms with Crippen LogP contribution in [0.5, 0.6) is 0 Å². The molecule has 0 amide bonds. The van der Waals surface area contributed by atoms with Crippen molar-refractivity contribution < 1.29 is 19.1 Å². The van der Waals surface area contributed by atoms with E-state index in [2.05, 4.69) is 84.2 Å². The maximum atomic E-state index is 12.2. The van der Waals surface area contributed by atoms with Crippen LogP contribution in [0, 0.1) is 70.0 Å². The summed E-state index contributed by atoms with van der Waals surface area (Å²) in [5, 5.41) is 0. The molecule has 70 heavy (non-hydrogen) atoms. The Kier molecular flexibility index (Phi) is 13.6. The van der Waals surface area contributed by atoms with Gasteiger partial charge in [-0.1, -0.05) is 75.0 Å². The van der Waals surface area contributed by atoms with Crippen LogP contribution < -0.4 is 0 Å². The minimum atomic E-state index is 0.00175. The summed E-state index contributed by atoms with van der Waals surface area (Å²) in [7, 11) is 4.40. The predicted molar refractivity (Wildman–Crippen MR) is 284 cm³/mol. The van der Waals surface area contributed by atoms with E-state index in [1.807, 2.05) is 12.2 Å². The number of carbonyl (C=O) groups excluding carboxylic acids is 2. The topological polar surface area (TPSA) is 62.3 Å². The van der Waals surface area contributed by atoms with Crippen molar-refractivity contribution >= 4 is 23.2 Å². The number of allylic oxidation sites excluding steroid dienone is 6. The Balaban J connectivity index is 0.000000153. The molecule has 8 heteroatoms. The maximum absolute atomic E-state index is 12.2. The fraction of sp³-hybridized carbons (Fsp3) is 0.839. The lowest BCUT2D eigenvalue weighted by molar-refractivity contribution is -0.117. The van der Waals surface area contributed by atoms with Crippen molar-refractivity contribution in [3.8, 4) is 0 Å². The van der Waals surface area contributed by atoms with Gasteiger partial charge in [0.2, 0.25) is 0 Å². The summed E-state index contributed by atoms with van der Waals surface area (Å²) < 4.78 is 14.4. The van der Waals surface area contributed by atoms with Crippen molar-refractivity contribution in [3.05, 3.63) is 45.6 Å². The fourth-order valence-electron chi connectivity index (χ4n) is 20.0. The number of ketones is 2. The molecule has 4 aliphatic heterocycles. The van der Waals surface area contributed by atoms with Crippen LogP contribution >= 0.6 is 11.6 Å². The summed E-state index contributed by atoms with van der Waals surface area (Å²) in [5.74, 6) is 8.53. The van der Waals surface area contributed by atoms with Gasteiger partial charge in [-0.2, -0.15) is 0 Å². The molecule has 12 rings (SSSR count). The lowest BCUT2D eigenvalue weighted by Crippen LogP contribution is -2.53. The summed E-state index contributed by atoms with van der Waals surface area (Å²) in [6.45, 7) is 25.4. The summed E-state index contributed by atoms with van der Waals surface area (Å²) in [6, 6.07) is 1.10. The van der Waals surface area contributed by atoms with Gasteiger partial charge < -0.3 is 14.4 Å². The molecule has 4 saturated heterocycles. The Labute approximate surface area is 429 Å². The molecule has 12 aliphatic rings. The third-order valence-electron chi connectivity index (χ3n) is 23.5. The molecule has 7 nitrogen and oxygen atoms in total. The Morgan fingerprint density at radius 2 is 1.09 bits per heavy atom. The molecule has 0 aromatic rings. The summed E-state index contributed by atoms with van der Waals surface area (Å²) in [4.78, 5) is 32.1. The molecule has 0 aromatic carbocycles. The second kappa shape index (κ2) is 18.9. The van der Waals surface area contributed by atoms with Crippen molar-refractivity contribution in [1.29, 1.82) is 0 Å². The number of ether oxygens (including phenoxy) is 2. The summed E-state index contributed by atoms with van der Waals surface area (Å²) in [5.41, 5.74) is 10.4. The molecule has 8 aliphatic carbocycles. The van der Waals surface area contributed by atoms with Crippen LogP contribution in [0.15, 0.2) is 45.6 Å². The van der Waals surface area contributed by atoms with Gasteiger partial charge in [-0.15, -0.1) is 11.6 Å². The standard InChI is InChI=1S/C32H50N2O2.C30H44ClNO2/c1-20-15-29-30(34(19-20)14-13-33(5)6)22(3)32(36-29)12-10-25-26-8-7-23-16-24(35)9-11-31(23,4)28(26)17-27(25)21(2)18-32;1-18-13-27-28(32(17-18)12-11-31)20(3)30(34-27)10-8-23-24-6-5-21-14-22(33)7-9-29(21,4)26(24)15-25(23)19(2)16-30/h16,20,22,25-26,28-30H,7-15,17-19H2,1-6H3;14,18,20,23-24,26-28H,5-13,15-17H2,1-4H3/t20-,22+,25-,26-,28-,29+,30-,31-,32-;18-,20+,23-,24-,26-,27+,28-,29-,30-/m00/s1. The maximum Gasteiger partial charge on any atom is 0.155 e. The first-order valence-corrected chi connectivity index (χ1v) is 29.8. The molecule has 0 unspecified atom stereocenters. The lowest BCUT2D eigenvalue weighted by Gasteiger charge is -2.48. The first-order chi connectivity index (χ1) is 33.4. The van der Waals surface area contributed by atoms with Gasteiger partial charge in [0.1, 0.15) is 0 Å². The second-order valence-electron chi connectivity index (χ2n) is 27.6. The third-order valence-corrected chi connectivity index (χ3v) is 23.7. The molecule has 0 aromatic heterocycles. The van der Waals surface area contributed by atoms with Crippen LogP contribution in [0.25, 0.3) is 0 Å². The van der Waals surface area contributed by atoms with Crippen LogP contribution in [-0.2, 0) is 19.1 Å². The van der Waals surface area contributed by atoms with E-state index in [1.165, 1.54) is 88.4 Å². The Morgan fingerprint density at radius 3 is 1.51 bits per heavy atom. The first-order valence-electron chi connectivity index (χ1n) is 29.3. The van der Waals surface area contributed by atoms with E-state index in [9.17, 15) is 9.59 Å². The van der Waals surface area contributed by atoms with Crippen LogP contribution in [0.3, 0.4) is 0 Å². The number of halogens is 1. The SMILES string of the molecule is CC1=C2C[C@H]3[C@@H](CCC4=CC(=O)CC[C@@]43C)[C@@H]2CC[C@@]2(C1)O[C@@H]1C[C@H](C)CN(CCCl)[C@H]1[C@H]2C.CC1=C2C[C@H]3[C@@H](CCC4=CC(=O)CC[C@@]43C)[C@@H]2CC[C@@]2(C1)O[C@@H]1C[C@H](C)CN(CCN(C)C)[C@H]1[C@H]2C. The van der Waals surface area contributed by atoms with E-state index in [-0.39, 0.29) is 22.0 Å². The van der Waals surface area contributed by atoms with Gasteiger partial charge in [0.25, 0.3) is 0 Å². The highest BCUT2D eigenvalue weighted by molar-refractivity contribution is 6.18. The quantitative estimate of drug-likeness (QED) is 0.201. The van der Waals surface area contributed by atoms with Gasteiger partial charge in [0.15, 0.2) is 11.6 Å². The Hall–Kier alpha value is -1.61. The average Bonchev–Trinajstić information content (AvgIpc) is 3.98. The number of alkyl halides is 1. The van der Waals surface area contributed by atoms with E-state index >= 15 is 0 Å². The number of nitrogens with zero attached hydrogens (tertiary/aromatic N) is 3. The number of fused-ring (bicyclic) bond motifs is 12. The van der Waals surface area contributed by atoms with Crippen molar-refractivity contribution in [2.24, 2.45) is 70.0 Å². The number of hydrogen-bond acceptors (Lipinski definition) is 7. The zero-order chi connectivity index (χ0) is 49.2. The second-order valence-corrected chi connectivity index (χ2v) is 27.9. The number of rotatable bonds is 5. The number of likely N-dealkylation sites (tertiary alicyclic amines) is 2. The van der Waals surface area contributed by atoms with Crippen LogP contribution in [0.1, 0.15) is 171 Å². The molecule has 0 N–H and O–H groups in total. The highest BCUT2D eigenvalue weighted by Gasteiger charge is 2.62. The fourth-order valence-corrected chi connectivity index (χ4v) is 20.2. The normalized spacial score (nSPS) is 47.8. The molecule has 4 heterocycles. The molecular formula is C62H94ClN3O4. The number of carbonyl (C=O) groups is 2. The average molecular weight is 981 g/mol. The third kappa shape index (κ3) is 8.35. The lowest BCUT2D eigenvalue weighted by atomic mass is 9.56. The predicted octanol–water partition coefficient (Wildman–Crippen LogP) is 12.4. The van der Waals surface area contributed by atoms with Gasteiger partial charge in [0.05, 0.1) is 23.4 Å². The number of hydrogen-bond donors (Lipinski definition) is 0. The van der Waals surface area contributed by atoms with Gasteiger partial charge in [-0.25, -0.2) is 0 Å². The highest BCUT2D eigenvalue weighted by Crippen LogP contribution is 2.66. The summed E-state index contributed by atoms with van der Waals surface area (Å²) >= 11 is 6.23. The van der Waals surface area contributed by atoms with E-state index in [0.29, 0.717) is 65.4 Å². The van der Waals surface area contributed by atoms with Crippen LogP contribution in [0.2, 0.25) is 0 Å². The molecular weight excluding hydrogens is 886 g/mol. The van der Waals surface area contributed by atoms with E-state index in [1.54, 1.807) is 22.3 Å². The minimum absolute atomic E-state index is 0.00175. The van der Waals surface area contributed by atoms with Crippen LogP contribution in [0.4, 0.5) is 0 Å². The van der Waals surface area contributed by atoms with Crippen molar-refractivity contribution in [1.82, 2.24) is 14.7 Å². The first kappa shape index (κ1) is 50.5. The van der Waals surface area contributed by atoms with Gasteiger partial charge >= 0.3 is 0 Å². The smallest absolute Gasteiger partial charge is 0.155 e. The molecule has 0 bridgehead atoms. The zero-order valence-corrected chi connectivity index (χ0v) is 46.3. The molecule has 8 fully saturated rings. The van der Waals surface area contributed by atoms with Gasteiger partial charge in [0, 0.05) is 75.4 Å². The largest absolute Gasteiger partial charge is 0.369 e. The van der Waals surface area contributed by atoms with Crippen LogP contribution in [-0.4, -0.2) is 114 Å².